The number of hydrogen-bond donors (Lipinski definition) is 0. The number of ether oxygens (including phenoxy) is 2. The number of esters is 1. The van der Waals surface area contributed by atoms with E-state index in [4.69, 9.17) is 32.7 Å². The van der Waals surface area contributed by atoms with E-state index in [0.29, 0.717) is 0 Å². The monoisotopic (exact) mass is 196 g/mol. The van der Waals surface area contributed by atoms with Crippen LogP contribution < -0.4 is 0 Å². The number of carbonyl (C=O) groups excluding carboxylic acids is 1. The summed E-state index contributed by atoms with van der Waals surface area (Å²) in [5.74, 6) is -1.79. The third-order valence-electron chi connectivity index (χ3n) is 1.34. The molecule has 0 aliphatic carbocycles. The van der Waals surface area contributed by atoms with Crippen molar-refractivity contribution in [2.45, 2.75) is 10.6 Å². The van der Waals surface area contributed by atoms with E-state index in [2.05, 4.69) is 0 Å². The summed E-state index contributed by atoms with van der Waals surface area (Å²) in [6.45, 7) is 0. The predicted octanol–water partition coefficient (Wildman–Crippen LogP) is 1.25. The van der Waals surface area contributed by atoms with Gasteiger partial charge in [-0.15, -0.1) is 0 Å². The Morgan fingerprint density at radius 3 is 2.55 bits per heavy atom. The highest BCUT2D eigenvalue weighted by Gasteiger charge is 2.42. The number of hydrogen-bond acceptors (Lipinski definition) is 3. The molecule has 0 aromatic heterocycles. The summed E-state index contributed by atoms with van der Waals surface area (Å²) in [6, 6.07) is 0. The Labute approximate surface area is 73.9 Å². The van der Waals surface area contributed by atoms with Crippen molar-refractivity contribution in [3.05, 3.63) is 12.2 Å². The molecule has 3 nitrogen and oxygen atoms in total. The molecule has 0 fully saturated rings. The molecule has 1 atom stereocenters. The van der Waals surface area contributed by atoms with Crippen LogP contribution in [0, 0.1) is 0 Å². The lowest BCUT2D eigenvalue weighted by Gasteiger charge is -2.25. The van der Waals surface area contributed by atoms with E-state index in [0.717, 1.165) is 0 Å². The summed E-state index contributed by atoms with van der Waals surface area (Å²) in [7, 11) is 1.36. The highest BCUT2D eigenvalue weighted by atomic mass is 35.5. The van der Waals surface area contributed by atoms with Gasteiger partial charge >= 0.3 is 5.97 Å². The molecule has 1 aliphatic heterocycles. The van der Waals surface area contributed by atoms with Crippen LogP contribution in [0.15, 0.2) is 12.2 Å². The van der Waals surface area contributed by atoms with Crippen molar-refractivity contribution in [2.24, 2.45) is 0 Å². The summed E-state index contributed by atoms with van der Waals surface area (Å²) >= 11 is 11.0. The van der Waals surface area contributed by atoms with Crippen molar-refractivity contribution < 1.29 is 14.3 Å². The zero-order chi connectivity index (χ0) is 8.48. The normalized spacial score (nSPS) is 29.6. The Morgan fingerprint density at radius 1 is 1.73 bits per heavy atom. The quantitative estimate of drug-likeness (QED) is 0.493. The molecule has 1 rings (SSSR count). The molecule has 0 saturated heterocycles. The molecule has 62 valence electrons. The summed E-state index contributed by atoms with van der Waals surface area (Å²) in [5.41, 5.74) is 0. The van der Waals surface area contributed by atoms with Crippen LogP contribution in [0.4, 0.5) is 0 Å². The van der Waals surface area contributed by atoms with Crippen molar-refractivity contribution in [3.8, 4) is 0 Å². The fraction of sp³-hybridized carbons (Fsp3) is 0.500. The average molecular weight is 197 g/mol. The molecular weight excluding hydrogens is 191 g/mol. The second-order valence-electron chi connectivity index (χ2n) is 1.98. The van der Waals surface area contributed by atoms with E-state index in [1.807, 2.05) is 0 Å². The number of alkyl halides is 2. The van der Waals surface area contributed by atoms with Gasteiger partial charge in [-0.1, -0.05) is 23.2 Å². The first-order valence-corrected chi connectivity index (χ1v) is 3.73. The van der Waals surface area contributed by atoms with Crippen molar-refractivity contribution in [3.63, 3.8) is 0 Å². The molecule has 0 aromatic rings. The van der Waals surface area contributed by atoms with Gasteiger partial charge in [0.15, 0.2) is 4.84 Å². The lowest BCUT2D eigenvalue weighted by molar-refractivity contribution is -0.183. The van der Waals surface area contributed by atoms with Crippen LogP contribution >= 0.6 is 23.2 Å². The van der Waals surface area contributed by atoms with Gasteiger partial charge in [-0.05, 0) is 6.08 Å². The van der Waals surface area contributed by atoms with Gasteiger partial charge in [0.2, 0.25) is 0 Å². The Hall–Kier alpha value is -0.250. The molecule has 0 amide bonds. The Kier molecular flexibility index (Phi) is 2.42. The zero-order valence-electron chi connectivity index (χ0n) is 5.71. The topological polar surface area (TPSA) is 35.5 Å². The average Bonchev–Trinajstić information content (AvgIpc) is 2.33. The summed E-state index contributed by atoms with van der Waals surface area (Å²) < 4.78 is 9.56. The third kappa shape index (κ3) is 1.50. The van der Waals surface area contributed by atoms with Crippen molar-refractivity contribution in [1.29, 1.82) is 0 Å². The van der Waals surface area contributed by atoms with Gasteiger partial charge in [0, 0.05) is 13.2 Å². The van der Waals surface area contributed by atoms with Gasteiger partial charge in [0.05, 0.1) is 0 Å². The van der Waals surface area contributed by atoms with Crippen LogP contribution in [0.5, 0.6) is 0 Å². The van der Waals surface area contributed by atoms with Crippen LogP contribution in [0.2, 0.25) is 0 Å². The summed E-state index contributed by atoms with van der Waals surface area (Å²) in [5, 5.41) is 0. The van der Waals surface area contributed by atoms with Crippen LogP contribution in [0.25, 0.3) is 0 Å². The number of methoxy groups -OCH3 is 1. The molecule has 0 aromatic carbocycles. The lowest BCUT2D eigenvalue weighted by atomic mass is 10.3. The fourth-order valence-corrected chi connectivity index (χ4v) is 1.14. The highest BCUT2D eigenvalue weighted by molar-refractivity contribution is 6.45. The van der Waals surface area contributed by atoms with Gasteiger partial charge in [-0.25, -0.2) is 4.79 Å². The molecule has 1 unspecified atom stereocenters. The number of cyclic esters (lactones) is 1. The molecule has 0 bridgehead atoms. The maximum atomic E-state index is 10.6. The molecular formula is C6H6Cl2O3. The first-order chi connectivity index (χ1) is 5.10. The van der Waals surface area contributed by atoms with E-state index in [1.54, 1.807) is 0 Å². The van der Waals surface area contributed by atoms with E-state index < -0.39 is 16.6 Å². The van der Waals surface area contributed by atoms with E-state index in [9.17, 15) is 4.79 Å². The highest BCUT2D eigenvalue weighted by Crippen LogP contribution is 2.30. The molecule has 0 N–H and O–H groups in total. The van der Waals surface area contributed by atoms with E-state index in [-0.39, 0.29) is 0 Å². The molecule has 0 radical (unpaired) electrons. The summed E-state index contributed by atoms with van der Waals surface area (Å²) in [6.07, 6.45) is 2.61. The Balaban J connectivity index is 2.80. The van der Waals surface area contributed by atoms with Gasteiger partial charge in [-0.3, -0.25) is 0 Å². The third-order valence-corrected chi connectivity index (χ3v) is 1.94. The molecule has 1 heterocycles. The van der Waals surface area contributed by atoms with Gasteiger partial charge in [0.25, 0.3) is 5.79 Å². The number of carbonyl (C=O) groups is 1. The van der Waals surface area contributed by atoms with Crippen LogP contribution in [0.3, 0.4) is 0 Å². The van der Waals surface area contributed by atoms with Gasteiger partial charge in [-0.2, -0.15) is 0 Å². The minimum Gasteiger partial charge on any atom is -0.423 e. The molecule has 0 spiro atoms. The zero-order valence-corrected chi connectivity index (χ0v) is 7.22. The SMILES string of the molecule is COC1(C(Cl)Cl)C=CC(=O)O1. The van der Waals surface area contributed by atoms with Crippen LogP contribution in [0.1, 0.15) is 0 Å². The van der Waals surface area contributed by atoms with Gasteiger partial charge < -0.3 is 9.47 Å². The van der Waals surface area contributed by atoms with Crippen molar-refractivity contribution >= 4 is 29.2 Å². The lowest BCUT2D eigenvalue weighted by Crippen LogP contribution is -2.37. The largest absolute Gasteiger partial charge is 0.423 e. The maximum Gasteiger partial charge on any atom is 0.333 e. The van der Waals surface area contributed by atoms with Gasteiger partial charge in [0.1, 0.15) is 0 Å². The second-order valence-corrected chi connectivity index (χ2v) is 3.08. The molecule has 11 heavy (non-hydrogen) atoms. The minimum absolute atomic E-state index is 0.502. The Morgan fingerprint density at radius 2 is 2.36 bits per heavy atom. The second kappa shape index (κ2) is 3.01. The smallest absolute Gasteiger partial charge is 0.333 e. The standard InChI is InChI=1S/C6H6Cl2O3/c1-10-6(5(7)8)3-2-4(9)11-6/h2-3,5H,1H3. The maximum absolute atomic E-state index is 10.6. The van der Waals surface area contributed by atoms with E-state index >= 15 is 0 Å². The molecule has 5 heteroatoms. The fourth-order valence-electron chi connectivity index (χ4n) is 0.726. The van der Waals surface area contributed by atoms with Crippen LogP contribution in [-0.4, -0.2) is 23.7 Å². The first kappa shape index (κ1) is 8.84. The van der Waals surface area contributed by atoms with E-state index in [1.165, 1.54) is 19.3 Å². The minimum atomic E-state index is -1.29. The Bertz CT molecular complexity index is 202. The number of halogens is 2. The number of rotatable bonds is 2. The predicted molar refractivity (Wildman–Crippen MR) is 40.5 cm³/mol. The summed E-state index contributed by atoms with van der Waals surface area (Å²) in [4.78, 5) is 9.69. The van der Waals surface area contributed by atoms with Crippen molar-refractivity contribution in [2.75, 3.05) is 7.11 Å². The van der Waals surface area contributed by atoms with Crippen LogP contribution in [-0.2, 0) is 14.3 Å². The first-order valence-electron chi connectivity index (χ1n) is 2.86. The van der Waals surface area contributed by atoms with Crippen molar-refractivity contribution in [1.82, 2.24) is 0 Å². The molecule has 0 saturated carbocycles. The molecule has 1 aliphatic rings.